The Morgan fingerprint density at radius 3 is 2.43 bits per heavy atom. The predicted octanol–water partition coefficient (Wildman–Crippen LogP) is 1.21. The van der Waals surface area contributed by atoms with Gasteiger partial charge in [0.05, 0.1) is 0 Å². The van der Waals surface area contributed by atoms with Crippen LogP contribution in [0.4, 0.5) is 13.2 Å². The van der Waals surface area contributed by atoms with Gasteiger partial charge in [-0.15, -0.1) is 13.2 Å². The van der Waals surface area contributed by atoms with E-state index in [0.29, 0.717) is 0 Å². The van der Waals surface area contributed by atoms with Crippen LogP contribution in [0.5, 0.6) is 0 Å². The molecule has 0 bridgehead atoms. The molecule has 0 aliphatic heterocycles. The molecule has 3 nitrogen and oxygen atoms in total. The molecular weight excluding hydrogens is 200 g/mol. The van der Waals surface area contributed by atoms with Gasteiger partial charge in [-0.05, 0) is 18.6 Å². The highest BCUT2D eigenvalue weighted by molar-refractivity contribution is 6.44. The van der Waals surface area contributed by atoms with E-state index in [1.165, 1.54) is 6.08 Å². The van der Waals surface area contributed by atoms with Crippen LogP contribution < -0.4 is 0 Å². The molecule has 0 spiro atoms. The first-order valence-electron chi connectivity index (χ1n) is 3.89. The van der Waals surface area contributed by atoms with Gasteiger partial charge in [0, 0.05) is 5.82 Å². The maximum absolute atomic E-state index is 11.7. The van der Waals surface area contributed by atoms with Gasteiger partial charge >= 0.3 is 13.5 Å². The fraction of sp³-hybridized carbons (Fsp3) is 0.429. The van der Waals surface area contributed by atoms with Crippen molar-refractivity contribution in [2.24, 2.45) is 0 Å². The molecule has 0 saturated carbocycles. The normalized spacial score (nSPS) is 21.8. The molecule has 14 heavy (non-hydrogen) atoms. The Morgan fingerprint density at radius 2 is 2.07 bits per heavy atom. The second kappa shape index (κ2) is 4.06. The molecule has 78 valence electrons. The number of alkyl halides is 3. The monoisotopic (exact) mass is 208 g/mol. The average molecular weight is 208 g/mol. The molecule has 0 radical (unpaired) electrons. The van der Waals surface area contributed by atoms with Gasteiger partial charge in [-0.25, -0.2) is 0 Å². The second-order valence-electron chi connectivity index (χ2n) is 2.83. The molecule has 7 heteroatoms. The Hall–Kier alpha value is -0.945. The van der Waals surface area contributed by atoms with Gasteiger partial charge in [0.15, 0.2) is 0 Å². The summed E-state index contributed by atoms with van der Waals surface area (Å²) in [5, 5.41) is 17.4. The molecule has 2 N–H and O–H groups in total. The Labute approximate surface area is 78.6 Å². The maximum atomic E-state index is 11.7. The van der Waals surface area contributed by atoms with Gasteiger partial charge in [-0.3, -0.25) is 0 Å². The zero-order valence-electron chi connectivity index (χ0n) is 7.03. The van der Waals surface area contributed by atoms with Crippen LogP contribution in [0.15, 0.2) is 24.0 Å². The van der Waals surface area contributed by atoms with E-state index >= 15 is 0 Å². The van der Waals surface area contributed by atoms with Crippen molar-refractivity contribution in [2.45, 2.75) is 18.6 Å². The first kappa shape index (κ1) is 11.1. The van der Waals surface area contributed by atoms with E-state index in [-0.39, 0.29) is 12.2 Å². The third kappa shape index (κ3) is 3.43. The molecule has 0 saturated heterocycles. The minimum atomic E-state index is -4.71. The molecule has 0 amide bonds. The minimum absolute atomic E-state index is 0.111. The lowest BCUT2D eigenvalue weighted by Crippen LogP contribution is -2.20. The van der Waals surface area contributed by atoms with Gasteiger partial charge in [0.1, 0.15) is 5.76 Å². The van der Waals surface area contributed by atoms with E-state index in [4.69, 9.17) is 10.0 Å². The predicted molar refractivity (Wildman–Crippen MR) is 42.9 cm³/mol. The van der Waals surface area contributed by atoms with Crippen molar-refractivity contribution in [1.82, 2.24) is 0 Å². The molecule has 0 aromatic rings. The van der Waals surface area contributed by atoms with Crippen molar-refractivity contribution in [3.8, 4) is 0 Å². The van der Waals surface area contributed by atoms with Gasteiger partial charge < -0.3 is 14.8 Å². The molecule has 0 fully saturated rings. The first-order chi connectivity index (χ1) is 6.38. The Balaban J connectivity index is 2.51. The lowest BCUT2D eigenvalue weighted by Gasteiger charge is -2.16. The lowest BCUT2D eigenvalue weighted by atomic mass is 9.69. The van der Waals surface area contributed by atoms with Crippen LogP contribution in [0, 0.1) is 0 Å². The van der Waals surface area contributed by atoms with Crippen LogP contribution in [-0.4, -0.2) is 23.5 Å². The summed E-state index contributed by atoms with van der Waals surface area (Å²) >= 11 is 0. The summed E-state index contributed by atoms with van der Waals surface area (Å²) in [5.74, 6) is -0.898. The zero-order chi connectivity index (χ0) is 10.8. The van der Waals surface area contributed by atoms with E-state index in [2.05, 4.69) is 4.74 Å². The molecule has 0 aromatic carbocycles. The number of halogens is 3. The van der Waals surface area contributed by atoms with Gasteiger partial charge in [0.2, 0.25) is 0 Å². The van der Waals surface area contributed by atoms with Crippen molar-refractivity contribution in [3.63, 3.8) is 0 Å². The second-order valence-corrected chi connectivity index (χ2v) is 2.83. The summed E-state index contributed by atoms with van der Waals surface area (Å²) in [5.41, 5.74) is 0. The summed E-state index contributed by atoms with van der Waals surface area (Å²) in [7, 11) is -1.56. The van der Waals surface area contributed by atoms with Crippen LogP contribution >= 0.6 is 0 Å². The molecule has 1 aliphatic rings. The Morgan fingerprint density at radius 1 is 1.43 bits per heavy atom. The topological polar surface area (TPSA) is 49.7 Å². The highest BCUT2D eigenvalue weighted by atomic mass is 19.4. The highest BCUT2D eigenvalue weighted by Crippen LogP contribution is 2.27. The fourth-order valence-electron chi connectivity index (χ4n) is 1.05. The number of ether oxygens (including phenoxy) is 1. The summed E-state index contributed by atoms with van der Waals surface area (Å²) in [6.07, 6.45) is -1.09. The number of rotatable bonds is 2. The van der Waals surface area contributed by atoms with Crippen molar-refractivity contribution in [3.05, 3.63) is 24.0 Å². The van der Waals surface area contributed by atoms with Gasteiger partial charge in [-0.1, -0.05) is 6.08 Å². The van der Waals surface area contributed by atoms with Gasteiger partial charge in [-0.2, -0.15) is 0 Å². The minimum Gasteiger partial charge on any atom is -0.427 e. The third-order valence-corrected chi connectivity index (χ3v) is 1.72. The van der Waals surface area contributed by atoms with Crippen molar-refractivity contribution in [1.29, 1.82) is 0 Å². The zero-order valence-corrected chi connectivity index (χ0v) is 7.03. The van der Waals surface area contributed by atoms with Crippen LogP contribution in [-0.2, 0) is 4.74 Å². The van der Waals surface area contributed by atoms with E-state index in [1.807, 2.05) is 0 Å². The van der Waals surface area contributed by atoms with Crippen molar-refractivity contribution in [2.75, 3.05) is 0 Å². The molecular formula is C7H8BF3O3. The van der Waals surface area contributed by atoms with Crippen molar-refractivity contribution < 1.29 is 28.0 Å². The number of hydrogen-bond donors (Lipinski definition) is 2. The lowest BCUT2D eigenvalue weighted by molar-refractivity contribution is -0.303. The van der Waals surface area contributed by atoms with E-state index in [1.54, 1.807) is 0 Å². The standard InChI is InChI=1S/C7H8BF3O3/c9-7(10,11)14-6-3-1-5(2-4-6)8(12)13/h1,3-5,12-13H,2H2/t5-/m1/s1. The molecule has 0 aromatic heterocycles. The first-order valence-corrected chi connectivity index (χ1v) is 3.89. The Bertz CT molecular complexity index is 259. The molecule has 0 heterocycles. The smallest absolute Gasteiger partial charge is 0.427 e. The SMILES string of the molecule is OB(O)[C@@H]1C=CC(OC(F)(F)F)=CC1. The van der Waals surface area contributed by atoms with E-state index in [0.717, 1.165) is 12.2 Å². The molecule has 1 rings (SSSR count). The maximum Gasteiger partial charge on any atom is 0.573 e. The highest BCUT2D eigenvalue weighted by Gasteiger charge is 2.32. The van der Waals surface area contributed by atoms with E-state index < -0.39 is 19.3 Å². The Kier molecular flexibility index (Phi) is 3.23. The molecule has 0 unspecified atom stereocenters. The van der Waals surface area contributed by atoms with Crippen LogP contribution in [0.3, 0.4) is 0 Å². The largest absolute Gasteiger partial charge is 0.573 e. The van der Waals surface area contributed by atoms with Crippen LogP contribution in [0.25, 0.3) is 0 Å². The fourth-order valence-corrected chi connectivity index (χ4v) is 1.05. The molecule has 1 atom stereocenters. The summed E-state index contributed by atoms with van der Waals surface area (Å²) in [6.45, 7) is 0. The van der Waals surface area contributed by atoms with Crippen LogP contribution in [0.2, 0.25) is 5.82 Å². The van der Waals surface area contributed by atoms with E-state index in [9.17, 15) is 13.2 Å². The third-order valence-electron chi connectivity index (χ3n) is 1.72. The summed E-state index contributed by atoms with van der Waals surface area (Å²) < 4.78 is 38.7. The van der Waals surface area contributed by atoms with Crippen LogP contribution in [0.1, 0.15) is 6.42 Å². The number of allylic oxidation sites excluding steroid dienone is 3. The quantitative estimate of drug-likeness (QED) is 0.670. The summed E-state index contributed by atoms with van der Waals surface area (Å²) in [4.78, 5) is 0. The summed E-state index contributed by atoms with van der Waals surface area (Å²) in [6, 6.07) is 0. The molecule has 1 aliphatic carbocycles. The van der Waals surface area contributed by atoms with Crippen molar-refractivity contribution >= 4 is 7.12 Å². The average Bonchev–Trinajstić information content (AvgIpc) is 2.02. The number of hydrogen-bond acceptors (Lipinski definition) is 3. The van der Waals surface area contributed by atoms with Gasteiger partial charge in [0.25, 0.3) is 0 Å².